The first-order valence-electron chi connectivity index (χ1n) is 13.2. The van der Waals surface area contributed by atoms with Crippen molar-refractivity contribution < 1.29 is 39.6 Å². The topological polar surface area (TPSA) is 190 Å². The number of phenols is 1. The predicted molar refractivity (Wildman–Crippen MR) is 152 cm³/mol. The quantitative estimate of drug-likeness (QED) is 0.212. The fourth-order valence-electron chi connectivity index (χ4n) is 6.62. The molecule has 3 aliphatic rings. The van der Waals surface area contributed by atoms with Crippen molar-refractivity contribution in [2.24, 2.45) is 17.6 Å². The van der Waals surface area contributed by atoms with Crippen molar-refractivity contribution in [1.29, 1.82) is 0 Å². The number of aliphatic hydroxyl groups excluding tert-OH is 2. The van der Waals surface area contributed by atoms with E-state index in [2.05, 4.69) is 5.32 Å². The number of aliphatic hydroxyl groups is 3. The number of nitrogens with one attached hydrogen (secondary N) is 1. The lowest BCUT2D eigenvalue weighted by Crippen LogP contribution is -2.65. The third-order valence-electron chi connectivity index (χ3n) is 8.48. The third kappa shape index (κ3) is 4.27. The normalized spacial score (nSPS) is 25.2. The number of halogens is 1. The Bertz CT molecular complexity index is 1600. The molecular weight excluding hydrogens is 566 g/mol. The second-order valence-corrected chi connectivity index (χ2v) is 11.3. The maximum atomic E-state index is 14.1. The van der Waals surface area contributed by atoms with E-state index < -0.39 is 64.0 Å². The maximum absolute atomic E-state index is 14.1. The molecule has 42 heavy (non-hydrogen) atoms. The summed E-state index contributed by atoms with van der Waals surface area (Å²) in [5.41, 5.74) is 3.63. The molecule has 1 fully saturated rings. The summed E-state index contributed by atoms with van der Waals surface area (Å²) in [5, 5.41) is 48.4. The molecule has 0 saturated heterocycles. The van der Waals surface area contributed by atoms with Crippen LogP contribution in [0.1, 0.15) is 23.1 Å². The average molecular weight is 596 g/mol. The molecule has 5 rings (SSSR count). The number of hydrogen-bond donors (Lipinski definition) is 6. The van der Waals surface area contributed by atoms with Gasteiger partial charge < -0.3 is 31.5 Å². The number of nitrogens with zero attached hydrogens (tertiary/aromatic N) is 1. The van der Waals surface area contributed by atoms with Crippen molar-refractivity contribution in [1.82, 2.24) is 10.2 Å². The Balaban J connectivity index is 1.75. The van der Waals surface area contributed by atoms with Gasteiger partial charge in [-0.15, -0.1) is 11.6 Å². The molecule has 1 saturated carbocycles. The van der Waals surface area contributed by atoms with Crippen LogP contribution in [0.2, 0.25) is 0 Å². The molecule has 0 unspecified atom stereocenters. The van der Waals surface area contributed by atoms with Crippen LogP contribution in [0.25, 0.3) is 16.9 Å². The number of amides is 2. The molecule has 3 aliphatic carbocycles. The number of alkyl halides is 1. The van der Waals surface area contributed by atoms with E-state index in [-0.39, 0.29) is 47.7 Å². The monoisotopic (exact) mass is 595 g/mol. The van der Waals surface area contributed by atoms with Crippen LogP contribution in [0.4, 0.5) is 0 Å². The minimum absolute atomic E-state index is 0.0196. The second kappa shape index (κ2) is 10.6. The molecule has 220 valence electrons. The number of carbonyl (C=O) groups is 4. The molecule has 0 spiro atoms. The Morgan fingerprint density at radius 3 is 2.40 bits per heavy atom. The van der Waals surface area contributed by atoms with Gasteiger partial charge in [0, 0.05) is 23.6 Å². The Labute approximate surface area is 245 Å². The van der Waals surface area contributed by atoms with Gasteiger partial charge in [-0.25, -0.2) is 0 Å². The summed E-state index contributed by atoms with van der Waals surface area (Å²) in [6.45, 7) is -0.130. The third-order valence-corrected chi connectivity index (χ3v) is 8.72. The van der Waals surface area contributed by atoms with Crippen molar-refractivity contribution in [2.45, 2.75) is 31.0 Å². The van der Waals surface area contributed by atoms with E-state index in [4.69, 9.17) is 17.3 Å². The maximum Gasteiger partial charge on any atom is 0.255 e. The predicted octanol–water partition coefficient (Wildman–Crippen LogP) is 1.49. The molecule has 0 bridgehead atoms. The van der Waals surface area contributed by atoms with Gasteiger partial charge in [-0.3, -0.25) is 24.1 Å². The summed E-state index contributed by atoms with van der Waals surface area (Å²) >= 11 is 5.61. The molecule has 0 heterocycles. The van der Waals surface area contributed by atoms with Crippen LogP contribution < -0.4 is 11.1 Å². The number of likely N-dealkylation sites (N-methyl/N-ethyl adjacent to an activating group) is 1. The minimum Gasteiger partial charge on any atom is -0.508 e. The number of rotatable bonds is 6. The molecule has 11 nitrogen and oxygen atoms in total. The minimum atomic E-state index is -2.73. The highest BCUT2D eigenvalue weighted by Crippen LogP contribution is 2.54. The largest absolute Gasteiger partial charge is 0.508 e. The van der Waals surface area contributed by atoms with Gasteiger partial charge in [0.1, 0.15) is 28.7 Å². The van der Waals surface area contributed by atoms with Gasteiger partial charge in [-0.1, -0.05) is 30.3 Å². The van der Waals surface area contributed by atoms with Crippen LogP contribution in [-0.4, -0.2) is 80.3 Å². The summed E-state index contributed by atoms with van der Waals surface area (Å²) in [6, 6.07) is 9.66. The van der Waals surface area contributed by atoms with Gasteiger partial charge in [0.25, 0.3) is 5.91 Å². The van der Waals surface area contributed by atoms with Crippen LogP contribution in [0.5, 0.6) is 5.75 Å². The number of benzene rings is 2. The summed E-state index contributed by atoms with van der Waals surface area (Å²) in [5.74, 6) is -8.01. The number of hydrogen-bond acceptors (Lipinski definition) is 9. The van der Waals surface area contributed by atoms with E-state index in [1.807, 2.05) is 30.3 Å². The SMILES string of the molecule is CN(C)[C@@H]1C(=O)C(C(N)=O)=C(O)[C@@]2(O)C(=O)C3=C(O)c4c(O)c(CNC(=O)CCl)cc(-c5ccccc5)c4C[C@@H]3C[C@@H]12. The fourth-order valence-corrected chi connectivity index (χ4v) is 6.71. The van der Waals surface area contributed by atoms with E-state index in [1.165, 1.54) is 4.90 Å². The molecule has 12 heteroatoms. The lowest BCUT2D eigenvalue weighted by Gasteiger charge is -2.50. The summed E-state index contributed by atoms with van der Waals surface area (Å²) in [6.07, 6.45) is 0.120. The lowest BCUT2D eigenvalue weighted by molar-refractivity contribution is -0.153. The molecule has 7 N–H and O–H groups in total. The zero-order valence-electron chi connectivity index (χ0n) is 22.8. The van der Waals surface area contributed by atoms with Gasteiger partial charge in [0.15, 0.2) is 11.4 Å². The first kappa shape index (κ1) is 29.3. The second-order valence-electron chi connectivity index (χ2n) is 11.0. The first-order valence-corrected chi connectivity index (χ1v) is 13.8. The van der Waals surface area contributed by atoms with Gasteiger partial charge in [0.05, 0.1) is 11.6 Å². The zero-order valence-corrected chi connectivity index (χ0v) is 23.6. The Morgan fingerprint density at radius 1 is 1.14 bits per heavy atom. The van der Waals surface area contributed by atoms with Crippen LogP contribution in [0.3, 0.4) is 0 Å². The van der Waals surface area contributed by atoms with Crippen molar-refractivity contribution in [3.05, 3.63) is 70.0 Å². The number of primary amides is 1. The summed E-state index contributed by atoms with van der Waals surface area (Å²) in [7, 11) is 3.09. The van der Waals surface area contributed by atoms with E-state index in [9.17, 15) is 39.6 Å². The molecule has 4 atom stereocenters. The highest BCUT2D eigenvalue weighted by molar-refractivity contribution is 6.27. The molecule has 0 radical (unpaired) electrons. The Hall–Kier alpha value is -4.19. The van der Waals surface area contributed by atoms with Gasteiger partial charge in [-0.05, 0) is 55.6 Å². The van der Waals surface area contributed by atoms with Crippen molar-refractivity contribution in [3.63, 3.8) is 0 Å². The van der Waals surface area contributed by atoms with E-state index in [1.54, 1.807) is 20.2 Å². The van der Waals surface area contributed by atoms with Crippen molar-refractivity contribution in [3.8, 4) is 16.9 Å². The summed E-state index contributed by atoms with van der Waals surface area (Å²) in [4.78, 5) is 52.9. The summed E-state index contributed by atoms with van der Waals surface area (Å²) < 4.78 is 0. The number of carbonyl (C=O) groups excluding carboxylic acids is 4. The standard InChI is InChI=1S/C30H30ClN3O8/c1-34(2)23-18-10-14-8-17-16(13-6-4-3-5-7-13)9-15(12-33-19(35)11-31)24(36)21(17)25(37)20(14)27(39)30(18,42)28(40)22(26(23)38)29(32)41/h3-7,9,14,18,23,36-37,40,42H,8,10-12H2,1-2H3,(H2,32,41)(H,33,35)/t14-,18+,23+,30+/m1/s1. The molecule has 0 aromatic heterocycles. The zero-order chi connectivity index (χ0) is 30.7. The molecular formula is C30H30ClN3O8. The average Bonchev–Trinajstić information content (AvgIpc) is 2.94. The number of aromatic hydroxyl groups is 1. The highest BCUT2D eigenvalue weighted by Gasteiger charge is 2.64. The Kier molecular flexibility index (Phi) is 7.38. The fraction of sp³-hybridized carbons (Fsp3) is 0.333. The Morgan fingerprint density at radius 2 is 1.81 bits per heavy atom. The van der Waals surface area contributed by atoms with E-state index >= 15 is 0 Å². The molecule has 2 aromatic carbocycles. The van der Waals surface area contributed by atoms with Crippen LogP contribution in [-0.2, 0) is 32.1 Å². The van der Waals surface area contributed by atoms with E-state index in [0.717, 1.165) is 5.56 Å². The number of fused-ring (bicyclic) bond motifs is 3. The first-order chi connectivity index (χ1) is 19.8. The lowest BCUT2D eigenvalue weighted by atomic mass is 9.57. The number of ketones is 2. The molecule has 0 aliphatic heterocycles. The van der Waals surface area contributed by atoms with Gasteiger partial charge in [0.2, 0.25) is 11.7 Å². The van der Waals surface area contributed by atoms with Gasteiger partial charge in [-0.2, -0.15) is 0 Å². The number of phenolic OH excluding ortho intramolecular Hbond substituents is 1. The number of Topliss-reactive ketones (excluding diaryl/α,β-unsaturated/α-hetero) is 2. The van der Waals surface area contributed by atoms with Crippen molar-refractivity contribution >= 4 is 40.7 Å². The number of nitrogens with two attached hydrogens (primary N) is 1. The van der Waals surface area contributed by atoms with Gasteiger partial charge >= 0.3 is 0 Å². The van der Waals surface area contributed by atoms with Crippen LogP contribution >= 0.6 is 11.6 Å². The smallest absolute Gasteiger partial charge is 0.255 e. The molecule has 2 amide bonds. The molecule has 2 aromatic rings. The van der Waals surface area contributed by atoms with E-state index in [0.29, 0.717) is 11.1 Å². The van der Waals surface area contributed by atoms with Crippen LogP contribution in [0, 0.1) is 11.8 Å². The highest BCUT2D eigenvalue weighted by atomic mass is 35.5. The van der Waals surface area contributed by atoms with Crippen LogP contribution in [0.15, 0.2) is 53.3 Å². The van der Waals surface area contributed by atoms with Crippen molar-refractivity contribution in [2.75, 3.05) is 20.0 Å².